The number of aromatic amines is 1. The van der Waals surface area contributed by atoms with Crippen molar-refractivity contribution in [3.05, 3.63) is 107 Å². The molecule has 2 N–H and O–H groups in total. The van der Waals surface area contributed by atoms with E-state index in [1.54, 1.807) is 24.3 Å². The quantitative estimate of drug-likeness (QED) is 0.0947. The maximum absolute atomic E-state index is 13.3. The largest absolute Gasteiger partial charge is 0.494 e. The van der Waals surface area contributed by atoms with Crippen LogP contribution >= 0.6 is 15.9 Å². The number of nitrogens with zero attached hydrogens (tertiary/aromatic N) is 1. The van der Waals surface area contributed by atoms with Crippen LogP contribution < -0.4 is 14.9 Å². The third kappa shape index (κ3) is 5.37. The summed E-state index contributed by atoms with van der Waals surface area (Å²) in [6.07, 6.45) is 2.80. The Hall–Kier alpha value is -4.63. The second-order valence-corrected chi connectivity index (χ2v) is 9.05. The fourth-order valence-corrected chi connectivity index (χ4v) is 4.36. The minimum Gasteiger partial charge on any atom is -0.494 e. The van der Waals surface area contributed by atoms with Crippen LogP contribution in [-0.2, 0) is 0 Å². The number of carbonyl (C=O) groups is 2. The first-order valence-corrected chi connectivity index (χ1v) is 12.6. The monoisotopic (exact) mass is 571 g/mol. The van der Waals surface area contributed by atoms with Gasteiger partial charge in [-0.1, -0.05) is 46.3 Å². The topological polar surface area (TPSA) is 106 Å². The van der Waals surface area contributed by atoms with Crippen molar-refractivity contribution in [2.24, 2.45) is 5.10 Å². The number of amides is 1. The van der Waals surface area contributed by atoms with Crippen LogP contribution in [0.4, 0.5) is 0 Å². The van der Waals surface area contributed by atoms with Crippen molar-refractivity contribution in [1.82, 2.24) is 10.4 Å². The number of H-pyrrole nitrogens is 1. The van der Waals surface area contributed by atoms with Crippen molar-refractivity contribution in [3.63, 3.8) is 0 Å². The van der Waals surface area contributed by atoms with E-state index in [-0.39, 0.29) is 11.5 Å². The minimum atomic E-state index is -0.645. The summed E-state index contributed by atoms with van der Waals surface area (Å²) in [5, 5.41) is 4.99. The van der Waals surface area contributed by atoms with E-state index in [1.807, 2.05) is 55.5 Å². The fourth-order valence-electron chi connectivity index (χ4n) is 3.98. The van der Waals surface area contributed by atoms with Crippen molar-refractivity contribution >= 4 is 44.9 Å². The molecule has 0 aliphatic heterocycles. The number of hydrogen-bond donors (Lipinski definition) is 2. The van der Waals surface area contributed by atoms with Gasteiger partial charge in [-0.2, -0.15) is 5.10 Å². The zero-order valence-corrected chi connectivity index (χ0v) is 21.8. The molecule has 190 valence electrons. The van der Waals surface area contributed by atoms with Crippen LogP contribution in [0, 0.1) is 0 Å². The first kappa shape index (κ1) is 25.0. The van der Waals surface area contributed by atoms with Crippen LogP contribution in [0.2, 0.25) is 0 Å². The molecule has 0 atom stereocenters. The van der Waals surface area contributed by atoms with Gasteiger partial charge in [-0.3, -0.25) is 4.79 Å². The van der Waals surface area contributed by atoms with Gasteiger partial charge < -0.3 is 18.9 Å². The molecule has 8 nitrogen and oxygen atoms in total. The SMILES string of the molecule is CCOc1ccc2[nH]c(C(=O)NN=Cc3cc(Br)ccc3OC(=O)c3ccco3)c(-c3ccccc3)c2c1. The number of halogens is 1. The first-order valence-electron chi connectivity index (χ1n) is 11.8. The summed E-state index contributed by atoms with van der Waals surface area (Å²) in [5.74, 6) is -0.0330. The van der Waals surface area contributed by atoms with Crippen molar-refractivity contribution in [1.29, 1.82) is 0 Å². The maximum Gasteiger partial charge on any atom is 0.379 e. The molecule has 2 aromatic heterocycles. The fraction of sp³-hybridized carbons (Fsp3) is 0.0690. The molecule has 2 heterocycles. The Morgan fingerprint density at radius 1 is 1.05 bits per heavy atom. The van der Waals surface area contributed by atoms with E-state index in [1.165, 1.54) is 18.5 Å². The number of furan rings is 1. The van der Waals surface area contributed by atoms with Gasteiger partial charge in [-0.25, -0.2) is 10.2 Å². The van der Waals surface area contributed by atoms with E-state index in [0.717, 1.165) is 26.5 Å². The zero-order chi connectivity index (χ0) is 26.5. The third-order valence-electron chi connectivity index (χ3n) is 5.64. The minimum absolute atomic E-state index is 0.0730. The van der Waals surface area contributed by atoms with Crippen LogP contribution in [0.25, 0.3) is 22.0 Å². The van der Waals surface area contributed by atoms with E-state index in [9.17, 15) is 9.59 Å². The molecule has 0 saturated heterocycles. The summed E-state index contributed by atoms with van der Waals surface area (Å²) in [4.78, 5) is 28.9. The number of nitrogens with one attached hydrogen (secondary N) is 2. The second kappa shape index (κ2) is 11.2. The van der Waals surface area contributed by atoms with Gasteiger partial charge in [0.25, 0.3) is 5.91 Å². The van der Waals surface area contributed by atoms with Gasteiger partial charge in [0.2, 0.25) is 5.76 Å². The van der Waals surface area contributed by atoms with Gasteiger partial charge in [0.15, 0.2) is 0 Å². The van der Waals surface area contributed by atoms with Crippen LogP contribution in [-0.4, -0.2) is 29.7 Å². The molecular weight excluding hydrogens is 550 g/mol. The number of benzene rings is 3. The molecule has 0 aliphatic carbocycles. The Morgan fingerprint density at radius 2 is 1.89 bits per heavy atom. The second-order valence-electron chi connectivity index (χ2n) is 8.13. The Morgan fingerprint density at radius 3 is 2.66 bits per heavy atom. The van der Waals surface area contributed by atoms with Crippen LogP contribution in [0.1, 0.15) is 33.5 Å². The molecule has 38 heavy (non-hydrogen) atoms. The molecule has 9 heteroatoms. The normalized spacial score (nSPS) is 11.1. The lowest BCUT2D eigenvalue weighted by Crippen LogP contribution is -2.19. The summed E-state index contributed by atoms with van der Waals surface area (Å²) >= 11 is 3.41. The number of fused-ring (bicyclic) bond motifs is 1. The average molecular weight is 572 g/mol. The molecule has 0 spiro atoms. The van der Waals surface area contributed by atoms with E-state index >= 15 is 0 Å². The number of rotatable bonds is 8. The van der Waals surface area contributed by atoms with E-state index in [2.05, 4.69) is 31.4 Å². The third-order valence-corrected chi connectivity index (χ3v) is 6.13. The van der Waals surface area contributed by atoms with Crippen molar-refractivity contribution in [3.8, 4) is 22.6 Å². The van der Waals surface area contributed by atoms with E-state index < -0.39 is 11.9 Å². The molecule has 0 saturated carbocycles. The standard InChI is InChI=1S/C29H22BrN3O5/c1-2-36-21-11-12-23-22(16-21)26(18-7-4-3-5-8-18)27(32-23)28(34)33-31-17-19-15-20(30)10-13-24(19)38-29(35)25-9-6-14-37-25/h3-17,32H,2H2,1H3,(H,33,34). The van der Waals surface area contributed by atoms with Gasteiger partial charge in [-0.05, 0) is 61.0 Å². The highest BCUT2D eigenvalue weighted by Gasteiger charge is 2.20. The molecule has 3 aromatic carbocycles. The van der Waals surface area contributed by atoms with Gasteiger partial charge in [0.05, 0.1) is 19.1 Å². The molecular formula is C29H22BrN3O5. The molecule has 0 fully saturated rings. The molecule has 0 aliphatic rings. The lowest BCUT2D eigenvalue weighted by atomic mass is 10.0. The Kier molecular flexibility index (Phi) is 7.37. The Labute approximate surface area is 226 Å². The number of carbonyl (C=O) groups excluding carboxylic acids is 2. The van der Waals surface area contributed by atoms with Gasteiger partial charge in [-0.15, -0.1) is 0 Å². The molecule has 5 rings (SSSR count). The number of aromatic nitrogens is 1. The summed E-state index contributed by atoms with van der Waals surface area (Å²) in [6.45, 7) is 2.46. The highest BCUT2D eigenvalue weighted by atomic mass is 79.9. The molecule has 0 radical (unpaired) electrons. The lowest BCUT2D eigenvalue weighted by Gasteiger charge is -2.07. The number of esters is 1. The highest BCUT2D eigenvalue weighted by molar-refractivity contribution is 9.10. The number of ether oxygens (including phenoxy) is 2. The predicted molar refractivity (Wildman–Crippen MR) is 148 cm³/mol. The van der Waals surface area contributed by atoms with Crippen molar-refractivity contribution in [2.75, 3.05) is 6.61 Å². The number of hydrogen-bond acceptors (Lipinski definition) is 6. The van der Waals surface area contributed by atoms with Gasteiger partial charge in [0.1, 0.15) is 17.2 Å². The zero-order valence-electron chi connectivity index (χ0n) is 20.2. The maximum atomic E-state index is 13.3. The van der Waals surface area contributed by atoms with Crippen LogP contribution in [0.5, 0.6) is 11.5 Å². The summed E-state index contributed by atoms with van der Waals surface area (Å²) < 4.78 is 17.0. The predicted octanol–water partition coefficient (Wildman–Crippen LogP) is 6.57. The van der Waals surface area contributed by atoms with Gasteiger partial charge in [0, 0.05) is 26.5 Å². The van der Waals surface area contributed by atoms with Crippen molar-refractivity contribution < 1.29 is 23.5 Å². The van der Waals surface area contributed by atoms with Crippen LogP contribution in [0.3, 0.4) is 0 Å². The van der Waals surface area contributed by atoms with E-state index in [0.29, 0.717) is 23.6 Å². The Balaban J connectivity index is 1.43. The summed E-state index contributed by atoms with van der Waals surface area (Å²) in [7, 11) is 0. The van der Waals surface area contributed by atoms with Crippen molar-refractivity contribution in [2.45, 2.75) is 6.92 Å². The lowest BCUT2D eigenvalue weighted by molar-refractivity contribution is 0.0700. The number of hydrazone groups is 1. The molecule has 0 bridgehead atoms. The van der Waals surface area contributed by atoms with Crippen LogP contribution in [0.15, 0.2) is 99.1 Å². The molecule has 0 unspecified atom stereocenters. The first-order chi connectivity index (χ1) is 18.5. The van der Waals surface area contributed by atoms with Gasteiger partial charge >= 0.3 is 5.97 Å². The summed E-state index contributed by atoms with van der Waals surface area (Å²) in [6, 6.07) is 23.5. The molecule has 1 amide bonds. The summed E-state index contributed by atoms with van der Waals surface area (Å²) in [5.41, 5.74) is 5.82. The highest BCUT2D eigenvalue weighted by Crippen LogP contribution is 2.34. The van der Waals surface area contributed by atoms with E-state index in [4.69, 9.17) is 13.9 Å². The average Bonchev–Trinajstić information content (AvgIpc) is 3.59. The Bertz CT molecular complexity index is 1630. The molecule has 5 aromatic rings. The smallest absolute Gasteiger partial charge is 0.379 e.